The van der Waals surface area contributed by atoms with Gasteiger partial charge in [-0.1, -0.05) is 24.4 Å². The molecule has 0 aliphatic heterocycles. The van der Waals surface area contributed by atoms with Gasteiger partial charge in [0.05, 0.1) is 10.6 Å². The highest BCUT2D eigenvalue weighted by Crippen LogP contribution is 2.36. The van der Waals surface area contributed by atoms with Crippen molar-refractivity contribution in [2.75, 3.05) is 10.6 Å². The minimum absolute atomic E-state index is 0.0686. The minimum atomic E-state index is -4.65. The molecule has 0 bridgehead atoms. The van der Waals surface area contributed by atoms with Crippen LogP contribution in [0, 0.1) is 5.92 Å². The summed E-state index contributed by atoms with van der Waals surface area (Å²) < 4.78 is 44.8. The van der Waals surface area contributed by atoms with Gasteiger partial charge in [0.1, 0.15) is 17.2 Å². The van der Waals surface area contributed by atoms with E-state index in [1.807, 2.05) is 0 Å². The number of amides is 3. The second-order valence-corrected chi connectivity index (χ2v) is 8.95. The van der Waals surface area contributed by atoms with Crippen LogP contribution in [0.4, 0.5) is 29.3 Å². The van der Waals surface area contributed by atoms with E-state index in [9.17, 15) is 22.8 Å². The molecule has 1 aromatic heterocycles. The summed E-state index contributed by atoms with van der Waals surface area (Å²) in [6, 6.07) is 11.6. The van der Waals surface area contributed by atoms with Crippen molar-refractivity contribution in [1.82, 2.24) is 10.4 Å². The number of nitrogens with zero attached hydrogens (tertiary/aromatic N) is 2. The fourth-order valence-electron chi connectivity index (χ4n) is 3.82. The Morgan fingerprint density at radius 3 is 2.37 bits per heavy atom. The molecule has 4 rings (SSSR count). The van der Waals surface area contributed by atoms with Crippen molar-refractivity contribution in [3.63, 3.8) is 0 Å². The number of rotatable bonds is 7. The lowest BCUT2D eigenvalue weighted by atomic mass is 10.1. The maximum atomic E-state index is 13.0. The van der Waals surface area contributed by atoms with E-state index in [2.05, 4.69) is 26.1 Å². The van der Waals surface area contributed by atoms with Gasteiger partial charge < -0.3 is 15.4 Å². The second kappa shape index (κ2) is 12.0. The maximum Gasteiger partial charge on any atom is 0.417 e. The number of aromatic nitrogens is 1. The molecule has 0 unspecified atom stereocenters. The third kappa shape index (κ3) is 7.45. The van der Waals surface area contributed by atoms with Crippen LogP contribution in [0.15, 0.2) is 65.9 Å². The van der Waals surface area contributed by atoms with E-state index in [1.54, 1.807) is 36.5 Å². The third-order valence-corrected chi connectivity index (χ3v) is 6.02. The van der Waals surface area contributed by atoms with Gasteiger partial charge in [-0.15, -0.1) is 0 Å². The lowest BCUT2D eigenvalue weighted by Gasteiger charge is -2.12. The minimum Gasteiger partial charge on any atom is -0.457 e. The highest BCUT2D eigenvalue weighted by molar-refractivity contribution is 6.31. The number of benzene rings is 2. The van der Waals surface area contributed by atoms with E-state index in [4.69, 9.17) is 16.3 Å². The molecule has 38 heavy (non-hydrogen) atoms. The molecule has 3 aromatic rings. The summed E-state index contributed by atoms with van der Waals surface area (Å²) in [7, 11) is 0. The predicted molar refractivity (Wildman–Crippen MR) is 138 cm³/mol. The monoisotopic (exact) mass is 545 g/mol. The van der Waals surface area contributed by atoms with Gasteiger partial charge in [-0.25, -0.2) is 10.2 Å². The molecule has 1 heterocycles. The fraction of sp³-hybridized carbons (Fsp3) is 0.231. The van der Waals surface area contributed by atoms with Gasteiger partial charge in [-0.05, 0) is 67.3 Å². The highest BCUT2D eigenvalue weighted by Gasteiger charge is 2.33. The predicted octanol–water partition coefficient (Wildman–Crippen LogP) is 7.10. The Morgan fingerprint density at radius 2 is 1.66 bits per heavy atom. The highest BCUT2D eigenvalue weighted by atomic mass is 35.5. The van der Waals surface area contributed by atoms with E-state index >= 15 is 0 Å². The second-order valence-electron chi connectivity index (χ2n) is 8.54. The number of ether oxygens (including phenoxy) is 1. The summed E-state index contributed by atoms with van der Waals surface area (Å²) in [5.74, 6) is 0.714. The number of halogens is 4. The summed E-state index contributed by atoms with van der Waals surface area (Å²) in [6.45, 7) is 0. The van der Waals surface area contributed by atoms with Gasteiger partial charge in [0.15, 0.2) is 0 Å². The average molecular weight is 546 g/mol. The van der Waals surface area contributed by atoms with Crippen LogP contribution in [0.25, 0.3) is 0 Å². The number of nitrogens with one attached hydrogen (secondary N) is 3. The van der Waals surface area contributed by atoms with Crippen molar-refractivity contribution in [2.24, 2.45) is 11.0 Å². The normalized spacial score (nSPS) is 13.9. The van der Waals surface area contributed by atoms with Crippen molar-refractivity contribution in [1.29, 1.82) is 0 Å². The van der Waals surface area contributed by atoms with Crippen molar-refractivity contribution in [2.45, 2.75) is 31.9 Å². The van der Waals surface area contributed by atoms with Gasteiger partial charge in [0.2, 0.25) is 0 Å². The van der Waals surface area contributed by atoms with Gasteiger partial charge in [0.25, 0.3) is 5.91 Å². The lowest BCUT2D eigenvalue weighted by molar-refractivity contribution is -0.137. The molecule has 1 aliphatic rings. The van der Waals surface area contributed by atoms with Gasteiger partial charge >= 0.3 is 12.2 Å². The first-order valence-corrected chi connectivity index (χ1v) is 12.1. The number of anilines is 2. The standard InChI is InChI=1S/C26H23ClF3N5O3/c27-22-10-7-18(13-21(22)26(28,29)30)34-25(37)33-17-5-8-19(9-6-17)38-20-11-12-31-23(14-20)24(36)35-32-15-16-3-1-2-4-16/h5-16H,1-4H2,(H,35,36)(H2,33,34,37)/b32-15+. The number of hydrogen-bond acceptors (Lipinski definition) is 5. The first-order chi connectivity index (χ1) is 18.2. The van der Waals surface area contributed by atoms with Gasteiger partial charge in [-0.3, -0.25) is 9.78 Å². The van der Waals surface area contributed by atoms with E-state index in [0.717, 1.165) is 25.0 Å². The number of pyridine rings is 1. The Kier molecular flexibility index (Phi) is 8.47. The molecule has 1 fully saturated rings. The molecule has 3 amide bonds. The van der Waals surface area contributed by atoms with Crippen LogP contribution >= 0.6 is 11.6 Å². The Balaban J connectivity index is 1.31. The Morgan fingerprint density at radius 1 is 0.974 bits per heavy atom. The molecule has 198 valence electrons. The SMILES string of the molecule is O=C(Nc1ccc(Oc2ccnc(C(=O)N/N=C/C3CCCC3)c2)cc1)Nc1ccc(Cl)c(C(F)(F)F)c1. The topological polar surface area (TPSA) is 105 Å². The zero-order valence-electron chi connectivity index (χ0n) is 19.9. The molecule has 1 aliphatic carbocycles. The van der Waals surface area contributed by atoms with E-state index in [1.165, 1.54) is 31.2 Å². The fourth-order valence-corrected chi connectivity index (χ4v) is 4.04. The summed E-state index contributed by atoms with van der Waals surface area (Å²) in [6.07, 6.45) is 3.04. The molecule has 0 radical (unpaired) electrons. The van der Waals surface area contributed by atoms with Crippen molar-refractivity contribution < 1.29 is 27.5 Å². The molecular weight excluding hydrogens is 523 g/mol. The molecule has 12 heteroatoms. The number of carbonyl (C=O) groups excluding carboxylic acids is 2. The largest absolute Gasteiger partial charge is 0.457 e. The summed E-state index contributed by atoms with van der Waals surface area (Å²) in [4.78, 5) is 28.6. The zero-order valence-corrected chi connectivity index (χ0v) is 20.6. The first-order valence-electron chi connectivity index (χ1n) is 11.7. The zero-order chi connectivity index (χ0) is 27.1. The molecule has 0 spiro atoms. The molecule has 0 atom stereocenters. The smallest absolute Gasteiger partial charge is 0.417 e. The first kappa shape index (κ1) is 26.9. The quantitative estimate of drug-likeness (QED) is 0.217. The Bertz CT molecular complexity index is 1330. The van der Waals surface area contributed by atoms with Crippen molar-refractivity contribution in [3.05, 3.63) is 77.1 Å². The van der Waals surface area contributed by atoms with Crippen LogP contribution in [0.1, 0.15) is 41.7 Å². The average Bonchev–Trinajstić information content (AvgIpc) is 3.39. The summed E-state index contributed by atoms with van der Waals surface area (Å²) in [5.41, 5.74) is 1.87. The molecule has 8 nitrogen and oxygen atoms in total. The number of urea groups is 1. The van der Waals surface area contributed by atoms with Gasteiger partial charge in [0, 0.05) is 29.9 Å². The van der Waals surface area contributed by atoms with Gasteiger partial charge in [-0.2, -0.15) is 18.3 Å². The van der Waals surface area contributed by atoms with Crippen LogP contribution in [0.2, 0.25) is 5.02 Å². The van der Waals surface area contributed by atoms with Crippen molar-refractivity contribution in [3.8, 4) is 11.5 Å². The lowest BCUT2D eigenvalue weighted by Crippen LogP contribution is -2.20. The molecule has 0 saturated heterocycles. The number of alkyl halides is 3. The van der Waals surface area contributed by atoms with E-state index in [-0.39, 0.29) is 11.4 Å². The van der Waals surface area contributed by atoms with Crippen molar-refractivity contribution >= 4 is 41.1 Å². The van der Waals surface area contributed by atoms with Crippen LogP contribution in [-0.2, 0) is 6.18 Å². The van der Waals surface area contributed by atoms with Crippen LogP contribution in [0.5, 0.6) is 11.5 Å². The van der Waals surface area contributed by atoms with Crippen LogP contribution in [-0.4, -0.2) is 23.1 Å². The van der Waals surface area contributed by atoms with Crippen LogP contribution in [0.3, 0.4) is 0 Å². The molecule has 1 saturated carbocycles. The molecular formula is C26H23ClF3N5O3. The number of hydrogen-bond donors (Lipinski definition) is 3. The van der Waals surface area contributed by atoms with E-state index in [0.29, 0.717) is 23.1 Å². The maximum absolute atomic E-state index is 13.0. The Hall–Kier alpha value is -4.12. The number of carbonyl (C=O) groups is 2. The number of hydrazone groups is 1. The summed E-state index contributed by atoms with van der Waals surface area (Å²) in [5, 5.41) is 8.42. The van der Waals surface area contributed by atoms with Crippen LogP contribution < -0.4 is 20.8 Å². The molecule has 3 N–H and O–H groups in total. The summed E-state index contributed by atoms with van der Waals surface area (Å²) >= 11 is 5.60. The Labute approximate surface area is 221 Å². The molecule has 2 aromatic carbocycles. The van der Waals surface area contributed by atoms with E-state index < -0.39 is 28.7 Å². The third-order valence-electron chi connectivity index (χ3n) is 5.69.